The molecule has 1 aliphatic carbocycles. The molecule has 1 N–H and O–H groups in total. The predicted molar refractivity (Wildman–Crippen MR) is 77.1 cm³/mol. The van der Waals surface area contributed by atoms with E-state index in [4.69, 9.17) is 0 Å². The van der Waals surface area contributed by atoms with Crippen LogP contribution in [0.25, 0.3) is 0 Å². The van der Waals surface area contributed by atoms with Crippen molar-refractivity contribution < 1.29 is 14.7 Å². The van der Waals surface area contributed by atoms with Gasteiger partial charge in [0.05, 0.1) is 14.6 Å². The Morgan fingerprint density at radius 3 is 2.44 bits per heavy atom. The van der Waals surface area contributed by atoms with E-state index in [-0.39, 0.29) is 11.7 Å². The first-order chi connectivity index (χ1) is 8.40. The highest BCUT2D eigenvalue weighted by Gasteiger charge is 2.41. The molecule has 0 bridgehead atoms. The number of carboxylic acids is 1. The Labute approximate surface area is 126 Å². The molecule has 0 aromatic carbocycles. The van der Waals surface area contributed by atoms with Crippen molar-refractivity contribution in [2.24, 2.45) is 17.8 Å². The van der Waals surface area contributed by atoms with Crippen molar-refractivity contribution >= 4 is 54.9 Å². The van der Waals surface area contributed by atoms with Crippen LogP contribution in [0.15, 0.2) is 14.3 Å². The number of rotatable bonds is 3. The van der Waals surface area contributed by atoms with Gasteiger partial charge in [0.2, 0.25) is 0 Å². The van der Waals surface area contributed by atoms with Crippen molar-refractivity contribution in [1.29, 1.82) is 0 Å². The second-order valence-corrected chi connectivity index (χ2v) is 7.95. The first-order valence-electron chi connectivity index (χ1n) is 5.62. The molecular weight excluding hydrogens is 384 g/mol. The van der Waals surface area contributed by atoms with Gasteiger partial charge in [-0.2, -0.15) is 0 Å². The number of Topliss-reactive ketones (excluding diaryl/α,β-unsaturated/α-hetero) is 1. The topological polar surface area (TPSA) is 54.4 Å². The molecule has 2 rings (SSSR count). The lowest BCUT2D eigenvalue weighted by Crippen LogP contribution is -2.24. The van der Waals surface area contributed by atoms with Crippen LogP contribution in [0.4, 0.5) is 0 Å². The van der Waals surface area contributed by atoms with Crippen LogP contribution in [-0.4, -0.2) is 16.9 Å². The molecule has 6 heteroatoms. The highest BCUT2D eigenvalue weighted by molar-refractivity contribution is 9.13. The maximum absolute atomic E-state index is 12.4. The van der Waals surface area contributed by atoms with Crippen LogP contribution in [0.1, 0.15) is 29.4 Å². The molecule has 3 nitrogen and oxygen atoms in total. The second-order valence-electron chi connectivity index (χ2n) is 4.72. The monoisotopic (exact) mass is 394 g/mol. The smallest absolute Gasteiger partial charge is 0.307 e. The summed E-state index contributed by atoms with van der Waals surface area (Å²) in [6, 6.07) is 1.76. The minimum absolute atomic E-state index is 0.0387. The summed E-state index contributed by atoms with van der Waals surface area (Å²) in [5.41, 5.74) is 0. The van der Waals surface area contributed by atoms with Crippen molar-refractivity contribution in [2.45, 2.75) is 19.8 Å². The number of halogens is 2. The minimum Gasteiger partial charge on any atom is -0.481 e. The summed E-state index contributed by atoms with van der Waals surface area (Å²) in [5.74, 6) is -1.51. The minimum atomic E-state index is -0.854. The van der Waals surface area contributed by atoms with Crippen LogP contribution in [0.5, 0.6) is 0 Å². The van der Waals surface area contributed by atoms with Gasteiger partial charge >= 0.3 is 5.97 Å². The van der Waals surface area contributed by atoms with Crippen molar-refractivity contribution in [1.82, 2.24) is 0 Å². The van der Waals surface area contributed by atoms with E-state index >= 15 is 0 Å². The molecule has 18 heavy (non-hydrogen) atoms. The van der Waals surface area contributed by atoms with Crippen molar-refractivity contribution in [3.63, 3.8) is 0 Å². The summed E-state index contributed by atoms with van der Waals surface area (Å²) >= 11 is 8.05. The molecule has 1 aromatic heterocycles. The van der Waals surface area contributed by atoms with Crippen LogP contribution in [0, 0.1) is 17.8 Å². The van der Waals surface area contributed by atoms with E-state index in [0.717, 1.165) is 8.26 Å². The van der Waals surface area contributed by atoms with E-state index in [0.29, 0.717) is 23.6 Å². The highest BCUT2D eigenvalue weighted by atomic mass is 79.9. The molecule has 3 unspecified atom stereocenters. The van der Waals surface area contributed by atoms with E-state index in [1.807, 2.05) is 6.92 Å². The number of hydrogen-bond donors (Lipinski definition) is 1. The van der Waals surface area contributed by atoms with Crippen molar-refractivity contribution in [2.75, 3.05) is 0 Å². The second kappa shape index (κ2) is 5.43. The maximum atomic E-state index is 12.4. The molecule has 1 aromatic rings. The lowest BCUT2D eigenvalue weighted by atomic mass is 9.91. The quantitative estimate of drug-likeness (QED) is 0.780. The Hall–Kier alpha value is -0.200. The molecule has 0 radical (unpaired) electrons. The Balaban J connectivity index is 2.25. The van der Waals surface area contributed by atoms with Gasteiger partial charge in [-0.25, -0.2) is 0 Å². The molecule has 0 aliphatic heterocycles. The zero-order chi connectivity index (χ0) is 13.4. The average Bonchev–Trinajstić information content (AvgIpc) is 2.82. The third kappa shape index (κ3) is 2.70. The van der Waals surface area contributed by atoms with E-state index in [1.165, 1.54) is 11.3 Å². The highest BCUT2D eigenvalue weighted by Crippen LogP contribution is 2.41. The third-order valence-corrected chi connectivity index (χ3v) is 6.61. The van der Waals surface area contributed by atoms with Gasteiger partial charge in [-0.05, 0) is 56.7 Å². The van der Waals surface area contributed by atoms with E-state index in [1.54, 1.807) is 6.07 Å². The molecular formula is C12H12Br2O3S. The standard InChI is InChI=1S/C12H12Br2O3S/c1-5-2-6(7(3-5)12(16)17)10(15)9-4-8(13)11(14)18-9/h4-7H,2-3H2,1H3,(H,16,17). The Morgan fingerprint density at radius 2 is 1.94 bits per heavy atom. The first kappa shape index (κ1) is 14.2. The van der Waals surface area contributed by atoms with Crippen LogP contribution < -0.4 is 0 Å². The summed E-state index contributed by atoms with van der Waals surface area (Å²) in [5, 5.41) is 9.19. The Kier molecular flexibility index (Phi) is 4.29. The normalized spacial score (nSPS) is 27.4. The summed E-state index contributed by atoms with van der Waals surface area (Å²) in [4.78, 5) is 24.2. The summed E-state index contributed by atoms with van der Waals surface area (Å²) in [6.07, 6.45) is 1.27. The van der Waals surface area contributed by atoms with Gasteiger partial charge in [-0.3, -0.25) is 9.59 Å². The fraction of sp³-hybridized carbons (Fsp3) is 0.500. The van der Waals surface area contributed by atoms with Crippen LogP contribution in [0.2, 0.25) is 0 Å². The fourth-order valence-electron chi connectivity index (χ4n) is 2.51. The number of carbonyl (C=O) groups is 2. The summed E-state index contributed by atoms with van der Waals surface area (Å²) in [6.45, 7) is 2.00. The molecule has 3 atom stereocenters. The van der Waals surface area contributed by atoms with E-state index in [2.05, 4.69) is 31.9 Å². The Bertz CT molecular complexity index is 478. The van der Waals surface area contributed by atoms with Gasteiger partial charge in [-0.15, -0.1) is 11.3 Å². The number of thiophene rings is 1. The number of hydrogen-bond acceptors (Lipinski definition) is 3. The predicted octanol–water partition coefficient (Wildman–Crippen LogP) is 4.20. The van der Waals surface area contributed by atoms with Gasteiger partial charge in [0.15, 0.2) is 5.78 Å². The van der Waals surface area contributed by atoms with Crippen LogP contribution in [-0.2, 0) is 4.79 Å². The summed E-state index contributed by atoms with van der Waals surface area (Å²) in [7, 11) is 0. The molecule has 1 saturated carbocycles. The fourth-order valence-corrected chi connectivity index (χ4v) is 4.54. The molecule has 0 amide bonds. The average molecular weight is 396 g/mol. The van der Waals surface area contributed by atoms with Gasteiger partial charge in [0.1, 0.15) is 0 Å². The Morgan fingerprint density at radius 1 is 1.33 bits per heavy atom. The largest absolute Gasteiger partial charge is 0.481 e. The zero-order valence-electron chi connectivity index (χ0n) is 9.65. The lowest BCUT2D eigenvalue weighted by Gasteiger charge is -2.12. The zero-order valence-corrected chi connectivity index (χ0v) is 13.6. The van der Waals surface area contributed by atoms with Crippen molar-refractivity contribution in [3.05, 3.63) is 19.2 Å². The SMILES string of the molecule is CC1CC(C(=O)O)C(C(=O)c2cc(Br)c(Br)s2)C1. The van der Waals surface area contributed by atoms with Crippen LogP contribution >= 0.6 is 43.2 Å². The summed E-state index contributed by atoms with van der Waals surface area (Å²) < 4.78 is 1.71. The molecule has 1 aliphatic rings. The van der Waals surface area contributed by atoms with Gasteiger partial charge in [0, 0.05) is 10.4 Å². The van der Waals surface area contributed by atoms with Crippen molar-refractivity contribution in [3.8, 4) is 0 Å². The number of ketones is 1. The molecule has 1 fully saturated rings. The number of carboxylic acid groups (broad SMARTS) is 1. The van der Waals surface area contributed by atoms with E-state index < -0.39 is 11.9 Å². The molecule has 0 spiro atoms. The molecule has 98 valence electrons. The first-order valence-corrected chi connectivity index (χ1v) is 8.02. The number of carbonyl (C=O) groups excluding carboxylic acids is 1. The molecule has 0 saturated heterocycles. The number of aliphatic carboxylic acids is 1. The maximum Gasteiger partial charge on any atom is 0.307 e. The lowest BCUT2D eigenvalue weighted by molar-refractivity contribution is -0.142. The van der Waals surface area contributed by atoms with Gasteiger partial charge in [0.25, 0.3) is 0 Å². The third-order valence-electron chi connectivity index (χ3n) is 3.34. The van der Waals surface area contributed by atoms with E-state index in [9.17, 15) is 14.7 Å². The van der Waals surface area contributed by atoms with Crippen LogP contribution in [0.3, 0.4) is 0 Å². The van der Waals surface area contributed by atoms with Gasteiger partial charge < -0.3 is 5.11 Å². The van der Waals surface area contributed by atoms with Gasteiger partial charge in [-0.1, -0.05) is 6.92 Å². The molecule has 1 heterocycles.